The summed E-state index contributed by atoms with van der Waals surface area (Å²) < 4.78 is 1.40. The number of aliphatic hydroxyl groups is 2. The first kappa shape index (κ1) is 22.2. The molecule has 0 radical (unpaired) electrons. The summed E-state index contributed by atoms with van der Waals surface area (Å²) in [5.74, 6) is 0. The van der Waals surface area contributed by atoms with Gasteiger partial charge in [-0.1, -0.05) is 31.5 Å². The van der Waals surface area contributed by atoms with Gasteiger partial charge in [0, 0.05) is 28.4 Å². The van der Waals surface area contributed by atoms with Gasteiger partial charge in [0.2, 0.25) is 0 Å². The van der Waals surface area contributed by atoms with Crippen LogP contribution in [-0.2, 0) is 6.54 Å². The lowest BCUT2D eigenvalue weighted by Gasteiger charge is -2.21. The van der Waals surface area contributed by atoms with E-state index >= 15 is 0 Å². The number of aromatic nitrogens is 1. The summed E-state index contributed by atoms with van der Waals surface area (Å²) in [6.45, 7) is 5.07. The maximum absolute atomic E-state index is 12.0. The highest BCUT2D eigenvalue weighted by Gasteiger charge is 2.20. The number of nitrogens with two attached hydrogens (primary N) is 1. The molecule has 4 N–H and O–H groups in total. The van der Waals surface area contributed by atoms with E-state index in [-0.39, 0.29) is 12.1 Å². The van der Waals surface area contributed by atoms with Gasteiger partial charge in [-0.25, -0.2) is 0 Å². The molecule has 0 saturated heterocycles. The molecular formula is C21H25ClN2O3S. The molecule has 7 heteroatoms. The minimum Gasteiger partial charge on any atom is -0.399 e. The van der Waals surface area contributed by atoms with Gasteiger partial charge in [-0.3, -0.25) is 4.79 Å². The van der Waals surface area contributed by atoms with E-state index in [0.717, 1.165) is 21.6 Å². The van der Waals surface area contributed by atoms with E-state index in [9.17, 15) is 15.0 Å². The van der Waals surface area contributed by atoms with E-state index in [2.05, 4.69) is 0 Å². The molecule has 2 heterocycles. The van der Waals surface area contributed by atoms with Gasteiger partial charge in [-0.05, 0) is 47.7 Å². The number of aliphatic hydroxyl groups excluding tert-OH is 1. The van der Waals surface area contributed by atoms with Crippen molar-refractivity contribution in [3.63, 3.8) is 0 Å². The smallest absolute Gasteiger partial charge is 0.250 e. The molecule has 0 saturated carbocycles. The van der Waals surface area contributed by atoms with Crippen molar-refractivity contribution in [2.24, 2.45) is 0 Å². The number of thiophene rings is 1. The quantitative estimate of drug-likeness (QED) is 0.538. The van der Waals surface area contributed by atoms with Crippen LogP contribution in [-0.4, -0.2) is 27.0 Å². The summed E-state index contributed by atoms with van der Waals surface area (Å²) in [5, 5.41) is 21.8. The number of rotatable bonds is 5. The number of nitrogen functional groups attached to an aromatic ring is 1. The maximum Gasteiger partial charge on any atom is 0.250 e. The molecule has 3 rings (SSSR count). The van der Waals surface area contributed by atoms with Gasteiger partial charge in [0.15, 0.2) is 0 Å². The van der Waals surface area contributed by atoms with Crippen LogP contribution in [0.1, 0.15) is 20.8 Å². The van der Waals surface area contributed by atoms with Gasteiger partial charge >= 0.3 is 0 Å². The monoisotopic (exact) mass is 420 g/mol. The highest BCUT2D eigenvalue weighted by atomic mass is 35.5. The Hall–Kier alpha value is -2.12. The third-order valence-electron chi connectivity index (χ3n) is 4.03. The number of nitrogens with zero attached hydrogens (tertiary/aromatic N) is 1. The van der Waals surface area contributed by atoms with Crippen LogP contribution in [0.4, 0.5) is 5.69 Å². The Morgan fingerprint density at radius 3 is 2.54 bits per heavy atom. The summed E-state index contributed by atoms with van der Waals surface area (Å²) in [6.07, 6.45) is 1.68. The number of halogens is 1. The number of hydrogen-bond acceptors (Lipinski definition) is 5. The van der Waals surface area contributed by atoms with Gasteiger partial charge in [0.05, 0.1) is 18.2 Å². The van der Waals surface area contributed by atoms with Crippen molar-refractivity contribution >= 4 is 28.6 Å². The van der Waals surface area contributed by atoms with Gasteiger partial charge in [0.25, 0.3) is 5.56 Å². The highest BCUT2D eigenvalue weighted by molar-refractivity contribution is 7.14. The highest BCUT2D eigenvalue weighted by Crippen LogP contribution is 2.36. The van der Waals surface area contributed by atoms with Crippen molar-refractivity contribution in [3.05, 3.63) is 63.4 Å². The van der Waals surface area contributed by atoms with Crippen molar-refractivity contribution in [1.82, 2.24) is 4.57 Å². The maximum atomic E-state index is 12.0. The summed E-state index contributed by atoms with van der Waals surface area (Å²) >= 11 is 7.83. The molecule has 1 atom stereocenters. The Labute approximate surface area is 173 Å². The zero-order chi connectivity index (χ0) is 20.9. The molecule has 150 valence electrons. The van der Waals surface area contributed by atoms with Crippen molar-refractivity contribution in [2.75, 3.05) is 12.3 Å². The molecule has 5 nitrogen and oxygen atoms in total. The summed E-state index contributed by atoms with van der Waals surface area (Å²) in [5.41, 5.74) is 7.43. The second-order valence-corrected chi connectivity index (χ2v) is 7.80. The number of hydrogen-bond donors (Lipinski definition) is 3. The van der Waals surface area contributed by atoms with Crippen LogP contribution >= 0.6 is 22.9 Å². The van der Waals surface area contributed by atoms with E-state index in [1.165, 1.54) is 17.6 Å². The molecule has 3 aromatic rings. The minimum absolute atomic E-state index is 0.0109. The van der Waals surface area contributed by atoms with Crippen molar-refractivity contribution in [1.29, 1.82) is 0 Å². The fourth-order valence-electron chi connectivity index (χ4n) is 2.60. The van der Waals surface area contributed by atoms with Gasteiger partial charge in [-0.2, -0.15) is 0 Å². The predicted octanol–water partition coefficient (Wildman–Crippen LogP) is 4.25. The van der Waals surface area contributed by atoms with Crippen LogP contribution in [0, 0.1) is 0 Å². The standard InChI is InChI=1S/C19H19ClN2O3S.C2H6/c1-19(25,11-23)10-22-8-12(2-5-18(22)24)13-6-17(26-9-13)15-4-3-14(21)7-16(15)20;1-2/h2-9,23,25H,10-11,21H2,1H3;1-2H3. The first-order valence-corrected chi connectivity index (χ1v) is 10.2. The molecule has 0 spiro atoms. The van der Waals surface area contributed by atoms with E-state index in [1.807, 2.05) is 31.4 Å². The van der Waals surface area contributed by atoms with Crippen LogP contribution in [0.3, 0.4) is 0 Å². The Bertz CT molecular complexity index is 995. The lowest BCUT2D eigenvalue weighted by molar-refractivity contribution is -0.0126. The van der Waals surface area contributed by atoms with Crippen molar-refractivity contribution in [2.45, 2.75) is 32.9 Å². The molecule has 0 bridgehead atoms. The molecule has 0 fully saturated rings. The van der Waals surface area contributed by atoms with E-state index in [4.69, 9.17) is 17.3 Å². The minimum atomic E-state index is -1.36. The normalized spacial score (nSPS) is 12.8. The number of anilines is 1. The average molecular weight is 421 g/mol. The third kappa shape index (κ3) is 5.23. The van der Waals surface area contributed by atoms with Crippen LogP contribution in [0.25, 0.3) is 21.6 Å². The Kier molecular flexibility index (Phi) is 7.43. The zero-order valence-electron chi connectivity index (χ0n) is 16.1. The van der Waals surface area contributed by atoms with Gasteiger partial charge in [-0.15, -0.1) is 11.3 Å². The van der Waals surface area contributed by atoms with Crippen molar-refractivity contribution in [3.8, 4) is 21.6 Å². The molecule has 1 unspecified atom stereocenters. The Morgan fingerprint density at radius 1 is 1.18 bits per heavy atom. The summed E-state index contributed by atoms with van der Waals surface area (Å²) in [7, 11) is 0. The van der Waals surface area contributed by atoms with Gasteiger partial charge < -0.3 is 20.5 Å². The first-order valence-electron chi connectivity index (χ1n) is 8.97. The van der Waals surface area contributed by atoms with E-state index < -0.39 is 12.2 Å². The third-order valence-corrected chi connectivity index (χ3v) is 5.30. The van der Waals surface area contributed by atoms with Gasteiger partial charge in [0.1, 0.15) is 5.60 Å². The molecule has 0 aliphatic carbocycles. The molecular weight excluding hydrogens is 396 g/mol. The molecule has 0 aliphatic heterocycles. The molecule has 2 aromatic heterocycles. The average Bonchev–Trinajstić information content (AvgIpc) is 3.15. The lowest BCUT2D eigenvalue weighted by atomic mass is 10.1. The molecule has 28 heavy (non-hydrogen) atoms. The van der Waals surface area contributed by atoms with Crippen LogP contribution < -0.4 is 11.3 Å². The molecule has 1 aromatic carbocycles. The summed E-state index contributed by atoms with van der Waals surface area (Å²) in [4.78, 5) is 13.0. The second kappa shape index (κ2) is 9.39. The molecule has 0 aliphatic rings. The predicted molar refractivity (Wildman–Crippen MR) is 118 cm³/mol. The lowest BCUT2D eigenvalue weighted by Crippen LogP contribution is -2.38. The molecule has 0 amide bonds. The topological polar surface area (TPSA) is 88.5 Å². The fourth-order valence-corrected chi connectivity index (χ4v) is 3.91. The zero-order valence-corrected chi connectivity index (χ0v) is 17.7. The number of benzene rings is 1. The first-order chi connectivity index (χ1) is 13.3. The Morgan fingerprint density at radius 2 is 1.89 bits per heavy atom. The van der Waals surface area contributed by atoms with E-state index in [1.54, 1.807) is 35.7 Å². The number of pyridine rings is 1. The van der Waals surface area contributed by atoms with Crippen LogP contribution in [0.5, 0.6) is 0 Å². The van der Waals surface area contributed by atoms with Crippen LogP contribution in [0.2, 0.25) is 5.02 Å². The Balaban J connectivity index is 0.00000136. The van der Waals surface area contributed by atoms with E-state index in [0.29, 0.717) is 10.7 Å². The fraction of sp³-hybridized carbons (Fsp3) is 0.286. The second-order valence-electron chi connectivity index (χ2n) is 6.48. The largest absolute Gasteiger partial charge is 0.399 e. The van der Waals surface area contributed by atoms with Crippen LogP contribution in [0.15, 0.2) is 52.8 Å². The SMILES string of the molecule is CC.CC(O)(CO)Cn1cc(-c2csc(-c3ccc(N)cc3Cl)c2)ccc1=O. The van der Waals surface area contributed by atoms with Crippen molar-refractivity contribution < 1.29 is 10.2 Å². The summed E-state index contributed by atoms with van der Waals surface area (Å²) in [6, 6.07) is 10.6.